The van der Waals surface area contributed by atoms with Crippen LogP contribution in [-0.4, -0.2) is 34.2 Å². The number of anilines is 1. The van der Waals surface area contributed by atoms with Crippen molar-refractivity contribution in [1.82, 2.24) is 20.5 Å². The summed E-state index contributed by atoms with van der Waals surface area (Å²) in [5, 5.41) is 13.7. The molecular formula is C20H22ClN5O. The summed E-state index contributed by atoms with van der Waals surface area (Å²) >= 11 is 0. The number of piperidine rings is 1. The first-order chi connectivity index (χ1) is 12.8. The lowest BCUT2D eigenvalue weighted by Gasteiger charge is -2.22. The van der Waals surface area contributed by atoms with Crippen LogP contribution in [0.15, 0.2) is 54.6 Å². The number of carbonyl (C=O) groups is 1. The number of aromatic amines is 1. The van der Waals surface area contributed by atoms with Crippen LogP contribution in [0, 0.1) is 5.92 Å². The zero-order chi connectivity index (χ0) is 17.8. The molecule has 0 bridgehead atoms. The second-order valence-electron chi connectivity index (χ2n) is 6.43. The van der Waals surface area contributed by atoms with Gasteiger partial charge in [0.1, 0.15) is 0 Å². The van der Waals surface area contributed by atoms with Gasteiger partial charge in [-0.15, -0.1) is 12.4 Å². The first-order valence-electron chi connectivity index (χ1n) is 8.90. The molecule has 0 saturated carbocycles. The summed E-state index contributed by atoms with van der Waals surface area (Å²) in [4.78, 5) is 17.2. The van der Waals surface area contributed by atoms with Gasteiger partial charge in [0.2, 0.25) is 5.91 Å². The summed E-state index contributed by atoms with van der Waals surface area (Å²) in [6.45, 7) is 1.78. The monoisotopic (exact) mass is 383 g/mol. The van der Waals surface area contributed by atoms with Crippen LogP contribution >= 0.6 is 12.4 Å². The SMILES string of the molecule is Cl.O=C(Nc1ccccc1-c1nc(-c2ccccc2)n[nH]1)C1CCNCC1. The van der Waals surface area contributed by atoms with Crippen molar-refractivity contribution in [3.8, 4) is 22.8 Å². The molecule has 0 aliphatic carbocycles. The molecular weight excluding hydrogens is 362 g/mol. The largest absolute Gasteiger partial charge is 0.325 e. The van der Waals surface area contributed by atoms with E-state index < -0.39 is 0 Å². The minimum Gasteiger partial charge on any atom is -0.325 e. The first kappa shape index (κ1) is 19.1. The number of nitrogens with one attached hydrogen (secondary N) is 3. The molecule has 0 spiro atoms. The second-order valence-corrected chi connectivity index (χ2v) is 6.43. The van der Waals surface area contributed by atoms with E-state index in [0.717, 1.165) is 42.7 Å². The van der Waals surface area contributed by atoms with E-state index in [-0.39, 0.29) is 24.2 Å². The van der Waals surface area contributed by atoms with Gasteiger partial charge in [-0.2, -0.15) is 5.10 Å². The van der Waals surface area contributed by atoms with E-state index in [1.807, 2.05) is 54.6 Å². The number of hydrogen-bond acceptors (Lipinski definition) is 4. The van der Waals surface area contributed by atoms with Crippen molar-refractivity contribution < 1.29 is 4.79 Å². The van der Waals surface area contributed by atoms with E-state index in [0.29, 0.717) is 11.6 Å². The molecule has 1 amide bonds. The highest BCUT2D eigenvalue weighted by Gasteiger charge is 2.22. The number of hydrogen-bond donors (Lipinski definition) is 3. The van der Waals surface area contributed by atoms with Crippen LogP contribution in [0.2, 0.25) is 0 Å². The maximum Gasteiger partial charge on any atom is 0.227 e. The maximum absolute atomic E-state index is 12.6. The number of rotatable bonds is 4. The van der Waals surface area contributed by atoms with Gasteiger partial charge in [-0.25, -0.2) is 4.98 Å². The highest BCUT2D eigenvalue weighted by atomic mass is 35.5. The van der Waals surface area contributed by atoms with Crippen molar-refractivity contribution in [2.45, 2.75) is 12.8 Å². The van der Waals surface area contributed by atoms with Gasteiger partial charge in [-0.1, -0.05) is 42.5 Å². The van der Waals surface area contributed by atoms with Gasteiger partial charge in [0.25, 0.3) is 0 Å². The maximum atomic E-state index is 12.6. The number of H-pyrrole nitrogens is 1. The van der Waals surface area contributed by atoms with Crippen molar-refractivity contribution >= 4 is 24.0 Å². The Morgan fingerprint density at radius 1 is 1.00 bits per heavy atom. The summed E-state index contributed by atoms with van der Waals surface area (Å²) in [5.74, 6) is 1.41. The molecule has 1 aliphatic heterocycles. The van der Waals surface area contributed by atoms with Crippen LogP contribution in [0.5, 0.6) is 0 Å². The smallest absolute Gasteiger partial charge is 0.227 e. The third-order valence-corrected chi connectivity index (χ3v) is 4.67. The second kappa shape index (κ2) is 8.79. The molecule has 7 heteroatoms. The van der Waals surface area contributed by atoms with E-state index in [1.54, 1.807) is 0 Å². The van der Waals surface area contributed by atoms with E-state index in [9.17, 15) is 4.79 Å². The quantitative estimate of drug-likeness (QED) is 0.644. The van der Waals surface area contributed by atoms with Crippen molar-refractivity contribution in [3.05, 3.63) is 54.6 Å². The summed E-state index contributed by atoms with van der Waals surface area (Å²) in [7, 11) is 0. The van der Waals surface area contributed by atoms with Crippen LogP contribution in [0.4, 0.5) is 5.69 Å². The lowest BCUT2D eigenvalue weighted by Crippen LogP contribution is -2.34. The van der Waals surface area contributed by atoms with Crippen molar-refractivity contribution in [2.75, 3.05) is 18.4 Å². The average molecular weight is 384 g/mol. The average Bonchev–Trinajstić information content (AvgIpc) is 3.20. The van der Waals surface area contributed by atoms with Crippen molar-refractivity contribution in [3.63, 3.8) is 0 Å². The molecule has 1 aromatic heterocycles. The Labute approximate surface area is 164 Å². The number of amides is 1. The number of para-hydroxylation sites is 1. The third kappa shape index (κ3) is 4.35. The Balaban J connectivity index is 0.00000210. The fraction of sp³-hybridized carbons (Fsp3) is 0.250. The molecule has 140 valence electrons. The zero-order valence-electron chi connectivity index (χ0n) is 14.8. The van der Waals surface area contributed by atoms with Gasteiger partial charge >= 0.3 is 0 Å². The molecule has 1 aliphatic rings. The number of carbonyl (C=O) groups excluding carboxylic acids is 1. The number of nitrogens with zero attached hydrogens (tertiary/aromatic N) is 2. The molecule has 2 aromatic carbocycles. The molecule has 4 rings (SSSR count). The number of halogens is 1. The highest BCUT2D eigenvalue weighted by Crippen LogP contribution is 2.27. The van der Waals surface area contributed by atoms with E-state index in [1.165, 1.54) is 0 Å². The fourth-order valence-electron chi connectivity index (χ4n) is 3.22. The Morgan fingerprint density at radius 2 is 1.70 bits per heavy atom. The van der Waals surface area contributed by atoms with Crippen LogP contribution in [0.3, 0.4) is 0 Å². The molecule has 0 atom stereocenters. The predicted molar refractivity (Wildman–Crippen MR) is 109 cm³/mol. The van der Waals surface area contributed by atoms with Crippen LogP contribution in [0.1, 0.15) is 12.8 Å². The number of aromatic nitrogens is 3. The zero-order valence-corrected chi connectivity index (χ0v) is 15.6. The fourth-order valence-corrected chi connectivity index (χ4v) is 3.22. The Bertz CT molecular complexity index is 890. The van der Waals surface area contributed by atoms with Gasteiger partial charge < -0.3 is 10.6 Å². The molecule has 0 radical (unpaired) electrons. The van der Waals surface area contributed by atoms with Crippen molar-refractivity contribution in [2.24, 2.45) is 5.92 Å². The van der Waals surface area contributed by atoms with Gasteiger partial charge in [0.05, 0.1) is 5.69 Å². The van der Waals surface area contributed by atoms with Crippen LogP contribution in [0.25, 0.3) is 22.8 Å². The van der Waals surface area contributed by atoms with Crippen LogP contribution < -0.4 is 10.6 Å². The predicted octanol–water partition coefficient (Wildman–Crippen LogP) is 3.50. The lowest BCUT2D eigenvalue weighted by molar-refractivity contribution is -0.120. The summed E-state index contributed by atoms with van der Waals surface area (Å²) in [6.07, 6.45) is 1.74. The van der Waals surface area contributed by atoms with E-state index in [4.69, 9.17) is 0 Å². The van der Waals surface area contributed by atoms with Gasteiger partial charge in [0.15, 0.2) is 11.6 Å². The van der Waals surface area contributed by atoms with E-state index >= 15 is 0 Å². The van der Waals surface area contributed by atoms with Gasteiger partial charge in [-0.3, -0.25) is 9.89 Å². The third-order valence-electron chi connectivity index (χ3n) is 4.67. The molecule has 27 heavy (non-hydrogen) atoms. The topological polar surface area (TPSA) is 82.7 Å². The molecule has 1 fully saturated rings. The summed E-state index contributed by atoms with van der Waals surface area (Å²) in [5.41, 5.74) is 2.54. The minimum atomic E-state index is 0. The van der Waals surface area contributed by atoms with Crippen LogP contribution in [-0.2, 0) is 4.79 Å². The highest BCUT2D eigenvalue weighted by molar-refractivity contribution is 5.96. The molecule has 0 unspecified atom stereocenters. The Kier molecular flexibility index (Phi) is 6.21. The molecule has 6 nitrogen and oxygen atoms in total. The molecule has 3 aromatic rings. The molecule has 3 N–H and O–H groups in total. The summed E-state index contributed by atoms with van der Waals surface area (Å²) in [6, 6.07) is 17.5. The van der Waals surface area contributed by atoms with Gasteiger partial charge in [0, 0.05) is 17.0 Å². The first-order valence-corrected chi connectivity index (χ1v) is 8.90. The summed E-state index contributed by atoms with van der Waals surface area (Å²) < 4.78 is 0. The van der Waals surface area contributed by atoms with Gasteiger partial charge in [-0.05, 0) is 38.1 Å². The molecule has 1 saturated heterocycles. The minimum absolute atomic E-state index is 0. The van der Waals surface area contributed by atoms with E-state index in [2.05, 4.69) is 25.8 Å². The Morgan fingerprint density at radius 3 is 2.48 bits per heavy atom. The van der Waals surface area contributed by atoms with Crippen molar-refractivity contribution in [1.29, 1.82) is 0 Å². The normalized spacial score (nSPS) is 14.4. The Hall–Kier alpha value is -2.70. The number of benzene rings is 2. The molecule has 2 heterocycles. The standard InChI is InChI=1S/C20H21N5O.ClH/c26-20(15-10-12-21-13-11-15)22-17-9-5-4-8-16(17)19-23-18(24-25-19)14-6-2-1-3-7-14;/h1-9,15,21H,10-13H2,(H,22,26)(H,23,24,25);1H. The lowest BCUT2D eigenvalue weighted by atomic mass is 9.97.